The second-order valence-electron chi connectivity index (χ2n) is 3.62. The van der Waals surface area contributed by atoms with Crippen molar-refractivity contribution >= 4 is 11.8 Å². The molecule has 0 bridgehead atoms. The highest BCUT2D eigenvalue weighted by Gasteiger charge is 2.27. The third-order valence-electron chi connectivity index (χ3n) is 2.40. The highest BCUT2D eigenvalue weighted by molar-refractivity contribution is 5.99. The number of aliphatic hydroxyl groups excluding tert-OH is 1. The predicted molar refractivity (Wildman–Crippen MR) is 62.4 cm³/mol. The number of Topliss-reactive ketones (excluding diaryl/α,β-unsaturated/α-hetero) is 1. The van der Waals surface area contributed by atoms with Crippen LogP contribution in [0.25, 0.3) is 0 Å². The fourth-order valence-corrected chi connectivity index (χ4v) is 1.53. The van der Waals surface area contributed by atoms with Crippen LogP contribution < -0.4 is 0 Å². The zero-order valence-corrected chi connectivity index (χ0v) is 9.76. The molecule has 0 saturated carbocycles. The lowest BCUT2D eigenvalue weighted by atomic mass is 9.95. The van der Waals surface area contributed by atoms with Crippen LogP contribution in [0.3, 0.4) is 0 Å². The van der Waals surface area contributed by atoms with Gasteiger partial charge in [0.15, 0.2) is 5.78 Å². The Kier molecular flexibility index (Phi) is 5.36. The zero-order valence-electron chi connectivity index (χ0n) is 9.76. The highest BCUT2D eigenvalue weighted by Crippen LogP contribution is 2.11. The fraction of sp³-hybridized carbons (Fsp3) is 0.385. The van der Waals surface area contributed by atoms with E-state index in [1.165, 1.54) is 0 Å². The standard InChI is InChI=1S/C13H16O4/c1-2-17-13(16)11(12(15)9-14)8-10-6-4-3-5-7-10/h3-7,11,14H,2,8-9H2,1H3/t11-/m0/s1. The lowest BCUT2D eigenvalue weighted by Gasteiger charge is -2.13. The van der Waals surface area contributed by atoms with Crippen molar-refractivity contribution in [2.45, 2.75) is 13.3 Å². The van der Waals surface area contributed by atoms with Gasteiger partial charge in [-0.3, -0.25) is 9.59 Å². The van der Waals surface area contributed by atoms with Gasteiger partial charge in [-0.25, -0.2) is 0 Å². The summed E-state index contributed by atoms with van der Waals surface area (Å²) in [7, 11) is 0. The minimum Gasteiger partial charge on any atom is -0.465 e. The minimum atomic E-state index is -0.914. The number of hydrogen-bond acceptors (Lipinski definition) is 4. The summed E-state index contributed by atoms with van der Waals surface area (Å²) in [5.41, 5.74) is 0.868. The molecule has 0 aliphatic rings. The first-order valence-electron chi connectivity index (χ1n) is 5.53. The molecule has 92 valence electrons. The van der Waals surface area contributed by atoms with Gasteiger partial charge in [-0.05, 0) is 18.9 Å². The van der Waals surface area contributed by atoms with E-state index in [2.05, 4.69) is 0 Å². The van der Waals surface area contributed by atoms with E-state index in [9.17, 15) is 9.59 Å². The normalized spacial score (nSPS) is 11.9. The Labute approximate surface area is 100 Å². The van der Waals surface area contributed by atoms with Crippen molar-refractivity contribution < 1.29 is 19.4 Å². The van der Waals surface area contributed by atoms with E-state index >= 15 is 0 Å². The molecule has 1 aromatic carbocycles. The Bertz CT molecular complexity index is 372. The monoisotopic (exact) mass is 236 g/mol. The predicted octanol–water partition coefficient (Wildman–Crippen LogP) is 0.970. The number of benzene rings is 1. The van der Waals surface area contributed by atoms with Crippen molar-refractivity contribution in [2.75, 3.05) is 13.2 Å². The molecule has 1 rings (SSSR count). The van der Waals surface area contributed by atoms with Crippen LogP contribution in [-0.2, 0) is 20.7 Å². The van der Waals surface area contributed by atoms with Crippen LogP contribution in [0.1, 0.15) is 12.5 Å². The highest BCUT2D eigenvalue weighted by atomic mass is 16.5. The van der Waals surface area contributed by atoms with E-state index in [0.29, 0.717) is 0 Å². The van der Waals surface area contributed by atoms with Gasteiger partial charge in [0.1, 0.15) is 12.5 Å². The van der Waals surface area contributed by atoms with Crippen LogP contribution >= 0.6 is 0 Å². The topological polar surface area (TPSA) is 63.6 Å². The molecule has 0 aliphatic carbocycles. The molecule has 0 spiro atoms. The van der Waals surface area contributed by atoms with Gasteiger partial charge in [-0.2, -0.15) is 0 Å². The summed E-state index contributed by atoms with van der Waals surface area (Å²) in [6, 6.07) is 9.19. The van der Waals surface area contributed by atoms with Crippen LogP contribution in [0.4, 0.5) is 0 Å². The van der Waals surface area contributed by atoms with E-state index in [4.69, 9.17) is 9.84 Å². The molecule has 4 nitrogen and oxygen atoms in total. The molecule has 1 N–H and O–H groups in total. The lowest BCUT2D eigenvalue weighted by molar-refractivity contribution is -0.152. The summed E-state index contributed by atoms with van der Waals surface area (Å²) in [5, 5.41) is 8.84. The maximum absolute atomic E-state index is 11.6. The molecule has 0 fully saturated rings. The number of ether oxygens (including phenoxy) is 1. The SMILES string of the molecule is CCOC(=O)[C@@H](Cc1ccccc1)C(=O)CO. The van der Waals surface area contributed by atoms with Gasteiger partial charge in [-0.15, -0.1) is 0 Å². The van der Waals surface area contributed by atoms with Crippen LogP contribution in [0, 0.1) is 5.92 Å². The van der Waals surface area contributed by atoms with Crippen molar-refractivity contribution in [3.63, 3.8) is 0 Å². The molecule has 0 saturated heterocycles. The van der Waals surface area contributed by atoms with Gasteiger partial charge < -0.3 is 9.84 Å². The second-order valence-corrected chi connectivity index (χ2v) is 3.62. The van der Waals surface area contributed by atoms with E-state index in [-0.39, 0.29) is 13.0 Å². The fourth-order valence-electron chi connectivity index (χ4n) is 1.53. The Morgan fingerprint density at radius 2 is 1.94 bits per heavy atom. The zero-order chi connectivity index (χ0) is 12.7. The summed E-state index contributed by atoms with van der Waals surface area (Å²) < 4.78 is 4.83. The van der Waals surface area contributed by atoms with Gasteiger partial charge in [0.05, 0.1) is 6.61 Å². The molecule has 0 radical (unpaired) electrons. The van der Waals surface area contributed by atoms with Gasteiger partial charge in [-0.1, -0.05) is 30.3 Å². The average molecular weight is 236 g/mol. The number of hydrogen-bond donors (Lipinski definition) is 1. The molecule has 1 aromatic rings. The molecule has 0 unspecified atom stereocenters. The van der Waals surface area contributed by atoms with E-state index in [0.717, 1.165) is 5.56 Å². The first-order valence-corrected chi connectivity index (χ1v) is 5.53. The van der Waals surface area contributed by atoms with Crippen molar-refractivity contribution in [1.29, 1.82) is 0 Å². The van der Waals surface area contributed by atoms with Crippen molar-refractivity contribution in [1.82, 2.24) is 0 Å². The summed E-state index contributed by atoms with van der Waals surface area (Å²) in [5.74, 6) is -2.00. The first-order chi connectivity index (χ1) is 8.19. The Morgan fingerprint density at radius 3 is 2.47 bits per heavy atom. The van der Waals surface area contributed by atoms with E-state index in [1.807, 2.05) is 30.3 Å². The molecular weight excluding hydrogens is 220 g/mol. The maximum Gasteiger partial charge on any atom is 0.316 e. The van der Waals surface area contributed by atoms with Gasteiger partial charge in [0.2, 0.25) is 0 Å². The minimum absolute atomic E-state index is 0.225. The molecule has 4 heteroatoms. The van der Waals surface area contributed by atoms with Crippen LogP contribution in [-0.4, -0.2) is 30.1 Å². The number of esters is 1. The molecular formula is C13H16O4. The summed E-state index contributed by atoms with van der Waals surface area (Å²) >= 11 is 0. The van der Waals surface area contributed by atoms with Crippen LogP contribution in [0.15, 0.2) is 30.3 Å². The van der Waals surface area contributed by atoms with Crippen LogP contribution in [0.2, 0.25) is 0 Å². The Morgan fingerprint density at radius 1 is 1.29 bits per heavy atom. The first kappa shape index (κ1) is 13.4. The number of carbonyl (C=O) groups excluding carboxylic acids is 2. The summed E-state index contributed by atoms with van der Waals surface area (Å²) in [4.78, 5) is 23.1. The second kappa shape index (κ2) is 6.81. The molecule has 1 atom stereocenters. The third-order valence-corrected chi connectivity index (χ3v) is 2.40. The summed E-state index contributed by atoms with van der Waals surface area (Å²) in [6.45, 7) is 1.26. The van der Waals surface area contributed by atoms with E-state index in [1.54, 1.807) is 6.92 Å². The lowest BCUT2D eigenvalue weighted by Crippen LogP contribution is -2.30. The van der Waals surface area contributed by atoms with Gasteiger partial charge in [0.25, 0.3) is 0 Å². The molecule has 0 heterocycles. The molecule has 0 amide bonds. The van der Waals surface area contributed by atoms with Gasteiger partial charge >= 0.3 is 5.97 Å². The number of rotatable bonds is 6. The molecule has 0 aliphatic heterocycles. The van der Waals surface area contributed by atoms with E-state index < -0.39 is 24.3 Å². The Balaban J connectivity index is 2.77. The Hall–Kier alpha value is -1.68. The number of aliphatic hydroxyl groups is 1. The smallest absolute Gasteiger partial charge is 0.316 e. The van der Waals surface area contributed by atoms with Crippen molar-refractivity contribution in [3.8, 4) is 0 Å². The summed E-state index contributed by atoms with van der Waals surface area (Å²) in [6.07, 6.45) is 0.263. The maximum atomic E-state index is 11.6. The number of ketones is 1. The average Bonchev–Trinajstić information content (AvgIpc) is 2.36. The number of carbonyl (C=O) groups is 2. The van der Waals surface area contributed by atoms with Gasteiger partial charge in [0, 0.05) is 0 Å². The quantitative estimate of drug-likeness (QED) is 0.590. The third kappa shape index (κ3) is 4.00. The van der Waals surface area contributed by atoms with Crippen molar-refractivity contribution in [3.05, 3.63) is 35.9 Å². The van der Waals surface area contributed by atoms with Crippen LogP contribution in [0.5, 0.6) is 0 Å². The molecule has 17 heavy (non-hydrogen) atoms. The van der Waals surface area contributed by atoms with Crippen molar-refractivity contribution in [2.24, 2.45) is 5.92 Å². The molecule has 0 aromatic heterocycles. The largest absolute Gasteiger partial charge is 0.465 e.